The molecule has 0 bridgehead atoms. The van der Waals surface area contributed by atoms with E-state index in [9.17, 15) is 15.0 Å². The van der Waals surface area contributed by atoms with E-state index < -0.39 is 12.1 Å². The van der Waals surface area contributed by atoms with E-state index in [0.29, 0.717) is 12.8 Å². The molecule has 0 saturated carbocycles. The lowest BCUT2D eigenvalue weighted by atomic mass is 10.0. The summed E-state index contributed by atoms with van der Waals surface area (Å²) in [5.41, 5.74) is 0. The molecule has 0 radical (unpaired) electrons. The minimum atomic E-state index is -0.674. The quantitative estimate of drug-likeness (QED) is 0.0522. The maximum absolute atomic E-state index is 12.3. The van der Waals surface area contributed by atoms with E-state index in [-0.39, 0.29) is 12.5 Å². The zero-order valence-corrected chi connectivity index (χ0v) is 28.9. The fraction of sp³-hybridized carbons (Fsp3) is 0.725. The van der Waals surface area contributed by atoms with Crippen LogP contribution in [-0.2, 0) is 4.79 Å². The van der Waals surface area contributed by atoms with Gasteiger partial charge >= 0.3 is 0 Å². The van der Waals surface area contributed by atoms with Crippen LogP contribution in [0.15, 0.2) is 60.8 Å². The van der Waals surface area contributed by atoms with Crippen LogP contribution in [0.25, 0.3) is 0 Å². The number of aliphatic hydroxyl groups excluding tert-OH is 2. The van der Waals surface area contributed by atoms with Crippen LogP contribution in [0.4, 0.5) is 0 Å². The second-order valence-corrected chi connectivity index (χ2v) is 12.3. The second-order valence-electron chi connectivity index (χ2n) is 12.3. The molecule has 0 saturated heterocycles. The van der Waals surface area contributed by atoms with Gasteiger partial charge in [-0.2, -0.15) is 0 Å². The van der Waals surface area contributed by atoms with Crippen LogP contribution in [0, 0.1) is 0 Å². The number of hydrogen-bond donors (Lipinski definition) is 3. The smallest absolute Gasteiger partial charge is 0.220 e. The van der Waals surface area contributed by atoms with Crippen molar-refractivity contribution >= 4 is 5.91 Å². The molecule has 0 rings (SSSR count). The summed E-state index contributed by atoms with van der Waals surface area (Å²) < 4.78 is 0. The molecule has 0 aliphatic carbocycles. The summed E-state index contributed by atoms with van der Waals surface area (Å²) in [6.45, 7) is 4.21. The van der Waals surface area contributed by atoms with Crippen LogP contribution >= 0.6 is 0 Å². The molecule has 0 spiro atoms. The van der Waals surface area contributed by atoms with Crippen molar-refractivity contribution in [1.82, 2.24) is 5.32 Å². The molecular weight excluding hydrogens is 542 g/mol. The van der Waals surface area contributed by atoms with E-state index in [2.05, 4.69) is 79.9 Å². The number of allylic oxidation sites excluding steroid dienone is 10. The van der Waals surface area contributed by atoms with Gasteiger partial charge < -0.3 is 15.5 Å². The Labute approximate surface area is 273 Å². The zero-order chi connectivity index (χ0) is 32.2. The Morgan fingerprint density at radius 3 is 1.48 bits per heavy atom. The molecule has 0 aromatic rings. The number of rotatable bonds is 32. The summed E-state index contributed by atoms with van der Waals surface area (Å²) in [6, 6.07) is -0.555. The van der Waals surface area contributed by atoms with Crippen molar-refractivity contribution in [2.45, 2.75) is 180 Å². The van der Waals surface area contributed by atoms with E-state index in [1.807, 2.05) is 0 Å². The van der Waals surface area contributed by atoms with Gasteiger partial charge in [0.15, 0.2) is 0 Å². The molecule has 0 aliphatic rings. The highest BCUT2D eigenvalue weighted by atomic mass is 16.3. The van der Waals surface area contributed by atoms with Gasteiger partial charge in [0.25, 0.3) is 0 Å². The van der Waals surface area contributed by atoms with Crippen molar-refractivity contribution in [2.75, 3.05) is 6.61 Å². The number of aliphatic hydroxyl groups is 2. The summed E-state index contributed by atoms with van der Waals surface area (Å²) in [4.78, 5) is 12.3. The van der Waals surface area contributed by atoms with Gasteiger partial charge in [0.2, 0.25) is 5.91 Å². The van der Waals surface area contributed by atoms with E-state index in [0.717, 1.165) is 70.6 Å². The van der Waals surface area contributed by atoms with Crippen molar-refractivity contribution in [3.63, 3.8) is 0 Å². The highest BCUT2D eigenvalue weighted by Crippen LogP contribution is 2.14. The van der Waals surface area contributed by atoms with Crippen molar-refractivity contribution in [1.29, 1.82) is 0 Å². The van der Waals surface area contributed by atoms with Gasteiger partial charge in [-0.25, -0.2) is 0 Å². The monoisotopic (exact) mass is 614 g/mol. The van der Waals surface area contributed by atoms with E-state index in [4.69, 9.17) is 0 Å². The maximum Gasteiger partial charge on any atom is 0.220 e. The van der Waals surface area contributed by atoms with Gasteiger partial charge in [-0.1, -0.05) is 164 Å². The first kappa shape index (κ1) is 42.1. The molecule has 0 aromatic heterocycles. The van der Waals surface area contributed by atoms with Gasteiger partial charge in [-0.3, -0.25) is 4.79 Å². The van der Waals surface area contributed by atoms with Crippen molar-refractivity contribution in [3.05, 3.63) is 60.8 Å². The first-order chi connectivity index (χ1) is 21.7. The highest BCUT2D eigenvalue weighted by Gasteiger charge is 2.19. The van der Waals surface area contributed by atoms with Gasteiger partial charge in [0.1, 0.15) is 0 Å². The van der Waals surface area contributed by atoms with Crippen molar-refractivity contribution in [3.8, 4) is 0 Å². The molecule has 1 amide bonds. The number of unbranched alkanes of at least 4 members (excludes halogenated alkanes) is 15. The van der Waals surface area contributed by atoms with Gasteiger partial charge in [0.05, 0.1) is 18.8 Å². The first-order valence-corrected chi connectivity index (χ1v) is 18.5. The van der Waals surface area contributed by atoms with E-state index in [1.165, 1.54) is 70.6 Å². The predicted molar refractivity (Wildman–Crippen MR) is 193 cm³/mol. The third-order valence-electron chi connectivity index (χ3n) is 8.04. The average molecular weight is 614 g/mol. The van der Waals surface area contributed by atoms with Gasteiger partial charge in [0, 0.05) is 6.42 Å². The average Bonchev–Trinajstić information content (AvgIpc) is 3.03. The second kappa shape index (κ2) is 35.6. The molecule has 0 aromatic carbocycles. The Morgan fingerprint density at radius 2 is 1.00 bits per heavy atom. The van der Waals surface area contributed by atoms with E-state index >= 15 is 0 Å². The van der Waals surface area contributed by atoms with Crippen LogP contribution in [-0.4, -0.2) is 34.9 Å². The zero-order valence-electron chi connectivity index (χ0n) is 28.9. The molecule has 4 nitrogen and oxygen atoms in total. The third-order valence-corrected chi connectivity index (χ3v) is 8.04. The Balaban J connectivity index is 3.69. The largest absolute Gasteiger partial charge is 0.394 e. The molecular formula is C40H71NO3. The first-order valence-electron chi connectivity index (χ1n) is 18.5. The Morgan fingerprint density at radius 1 is 0.568 bits per heavy atom. The Kier molecular flexibility index (Phi) is 34.0. The minimum absolute atomic E-state index is 0.0663. The van der Waals surface area contributed by atoms with Crippen molar-refractivity contribution in [2.24, 2.45) is 0 Å². The third kappa shape index (κ3) is 31.5. The molecule has 0 aliphatic heterocycles. The maximum atomic E-state index is 12.3. The van der Waals surface area contributed by atoms with E-state index in [1.54, 1.807) is 0 Å². The molecule has 0 heterocycles. The Bertz CT molecular complexity index is 752. The summed E-state index contributed by atoms with van der Waals surface area (Å²) in [5, 5.41) is 23.0. The van der Waals surface area contributed by atoms with Crippen LogP contribution in [0.1, 0.15) is 168 Å². The lowest BCUT2D eigenvalue weighted by molar-refractivity contribution is -0.123. The molecule has 2 unspecified atom stereocenters. The summed E-state index contributed by atoms with van der Waals surface area (Å²) in [5.74, 6) is -0.0663. The van der Waals surface area contributed by atoms with Crippen LogP contribution < -0.4 is 5.32 Å². The summed E-state index contributed by atoms with van der Waals surface area (Å²) in [7, 11) is 0. The fourth-order valence-corrected chi connectivity index (χ4v) is 5.21. The fourth-order valence-electron chi connectivity index (χ4n) is 5.21. The molecule has 254 valence electrons. The minimum Gasteiger partial charge on any atom is -0.394 e. The molecule has 4 heteroatoms. The van der Waals surface area contributed by atoms with Gasteiger partial charge in [-0.05, 0) is 57.8 Å². The molecule has 2 atom stereocenters. The van der Waals surface area contributed by atoms with Crippen LogP contribution in [0.3, 0.4) is 0 Å². The number of amides is 1. The summed E-state index contributed by atoms with van der Waals surface area (Å²) in [6.07, 6.45) is 48.4. The lowest BCUT2D eigenvalue weighted by Crippen LogP contribution is -2.45. The normalized spacial score (nSPS) is 13.8. The SMILES string of the molecule is CC/C=C\C/C=C\C/C=C\C/C=C\C/C=C\CCCCCC(=O)NC(CO)C(O)CCCCCCCCCCCCCCC. The standard InChI is InChI=1S/C40H71NO3/c1-3-5-7-9-11-13-15-17-18-19-20-21-22-24-26-28-30-32-34-36-40(44)41-38(37-42)39(43)35-33-31-29-27-25-23-16-14-12-10-8-6-4-2/h5,7,11,13,17-18,20-21,24,26,38-39,42-43H,3-4,6,8-10,12,14-16,19,22-23,25,27-37H2,1-2H3,(H,41,44)/b7-5-,13-11-,18-17-,21-20-,26-24-. The summed E-state index contributed by atoms with van der Waals surface area (Å²) >= 11 is 0. The highest BCUT2D eigenvalue weighted by molar-refractivity contribution is 5.76. The predicted octanol–water partition coefficient (Wildman–Crippen LogP) is 11.0. The van der Waals surface area contributed by atoms with Crippen molar-refractivity contribution < 1.29 is 15.0 Å². The molecule has 3 N–H and O–H groups in total. The number of carbonyl (C=O) groups is 1. The number of nitrogens with one attached hydrogen (secondary N) is 1. The Hall–Kier alpha value is -1.91. The number of carbonyl (C=O) groups excluding carboxylic acids is 1. The molecule has 0 fully saturated rings. The lowest BCUT2D eigenvalue weighted by Gasteiger charge is -2.22. The van der Waals surface area contributed by atoms with Gasteiger partial charge in [-0.15, -0.1) is 0 Å². The number of hydrogen-bond acceptors (Lipinski definition) is 3. The topological polar surface area (TPSA) is 69.6 Å². The molecule has 44 heavy (non-hydrogen) atoms. The van der Waals surface area contributed by atoms with Crippen LogP contribution in [0.5, 0.6) is 0 Å². The van der Waals surface area contributed by atoms with Crippen LogP contribution in [0.2, 0.25) is 0 Å².